The summed E-state index contributed by atoms with van der Waals surface area (Å²) in [6.45, 7) is 11.5. The number of amidine groups is 1. The molecule has 30 heteroatoms. The summed E-state index contributed by atoms with van der Waals surface area (Å²) < 4.78 is 63.7. The first-order valence-corrected chi connectivity index (χ1v) is 43.0. The second kappa shape index (κ2) is 67.6. The minimum Gasteiger partial charge on any atom is -0.508 e. The van der Waals surface area contributed by atoms with Gasteiger partial charge in [0.1, 0.15) is 40.7 Å². The quantitative estimate of drug-likeness (QED) is 0.0125. The lowest BCUT2D eigenvalue weighted by atomic mass is 9.75. The Kier molecular flexibility index (Phi) is 62.4. The third kappa shape index (κ3) is 61.8. The highest BCUT2D eigenvalue weighted by molar-refractivity contribution is 7.85. The maximum atomic E-state index is 14.3. The molecule has 0 aliphatic rings. The number of rotatable bonds is 80. The molecule has 1 aromatic carbocycles. The third-order valence-electron chi connectivity index (χ3n) is 19.2. The lowest BCUT2D eigenvalue weighted by Gasteiger charge is -2.27. The standard InChI is InChI=1S/C82H141N7O22S/c1-63(2)59-71(93)61-66(80(99)64(3)72(30-16-17-31-75(83)84)74(94)62-67(81(85)100)60-65-33-35-70(92)36-34-65)27-18-21-43-86-76(95)40-37-68(90)28-19-22-46-106-50-54-110-55-51-107-47-23-20-29-69(91)38-41-77(96)87-44-25-48-108-52-56-111-57-53-109-49-26-45-88-78(97)42-39-73(82(101)102)89-79(98)32-15-13-11-9-7-5-4-6-8-10-12-14-24-58-112(103,104)105/h33-36,63-64,66-67,72-73,92H,4-32,37-62H2,1-3H3,(H3,83,84)(H2,85,100)(H,86,95)(H,87,96)(H,88,97)(H,89,98)(H,101,102)(H,103,104,105)/t64?,66-,67-,72-,73+/m1/s1. The molecule has 0 saturated carbocycles. The largest absolute Gasteiger partial charge is 0.508 e. The van der Waals surface area contributed by atoms with Crippen molar-refractivity contribution in [2.24, 2.45) is 41.1 Å². The summed E-state index contributed by atoms with van der Waals surface area (Å²) in [4.78, 5) is 141. The monoisotopic (exact) mass is 1610 g/mol. The molecule has 0 saturated heterocycles. The zero-order chi connectivity index (χ0) is 82.8. The van der Waals surface area contributed by atoms with Crippen LogP contribution in [-0.4, -0.2) is 204 Å². The Hall–Kier alpha value is -6.67. The van der Waals surface area contributed by atoms with E-state index >= 15 is 0 Å². The smallest absolute Gasteiger partial charge is 0.326 e. The number of unbranched alkanes of at least 4 members (excludes halogenated alkanes) is 16. The van der Waals surface area contributed by atoms with Gasteiger partial charge in [0.2, 0.25) is 29.5 Å². The van der Waals surface area contributed by atoms with Gasteiger partial charge >= 0.3 is 5.97 Å². The number of Topliss-reactive ketones (excluding diaryl/α,β-unsaturated/α-hetero) is 5. The molecule has 0 aliphatic carbocycles. The highest BCUT2D eigenvalue weighted by Crippen LogP contribution is 2.31. The van der Waals surface area contributed by atoms with Crippen LogP contribution in [0.4, 0.5) is 0 Å². The van der Waals surface area contributed by atoms with Crippen molar-refractivity contribution in [2.45, 2.75) is 277 Å². The van der Waals surface area contributed by atoms with Crippen LogP contribution >= 0.6 is 0 Å². The van der Waals surface area contributed by atoms with E-state index in [-0.39, 0.29) is 140 Å². The molecule has 29 nitrogen and oxygen atoms in total. The number of aromatic hydroxyl groups is 1. The van der Waals surface area contributed by atoms with Crippen molar-refractivity contribution < 1.29 is 104 Å². The van der Waals surface area contributed by atoms with Gasteiger partial charge in [0, 0.05) is 147 Å². The van der Waals surface area contributed by atoms with Crippen LogP contribution in [0.25, 0.3) is 0 Å². The second-order valence-electron chi connectivity index (χ2n) is 29.8. The van der Waals surface area contributed by atoms with Crippen LogP contribution in [0.2, 0.25) is 0 Å². The van der Waals surface area contributed by atoms with Crippen molar-refractivity contribution in [2.75, 3.05) is 105 Å². The van der Waals surface area contributed by atoms with Gasteiger partial charge in [0.05, 0.1) is 64.4 Å². The molecule has 1 rings (SSSR count). The van der Waals surface area contributed by atoms with E-state index in [9.17, 15) is 71.4 Å². The fraction of sp³-hybridized carbons (Fsp3) is 0.780. The summed E-state index contributed by atoms with van der Waals surface area (Å²) in [5.41, 5.74) is 12.1. The van der Waals surface area contributed by atoms with Crippen LogP contribution in [0, 0.1) is 35.0 Å². The first kappa shape index (κ1) is 103. The van der Waals surface area contributed by atoms with E-state index in [2.05, 4.69) is 21.3 Å². The number of aliphatic carboxylic acids is 1. The molecular formula is C82H141N7O22S. The van der Waals surface area contributed by atoms with Gasteiger partial charge in [0.15, 0.2) is 0 Å². The number of hydrogen-bond acceptors (Lipinski definition) is 21. The Balaban J connectivity index is 2.06. The molecule has 5 amide bonds. The van der Waals surface area contributed by atoms with Gasteiger partial charge in [0.25, 0.3) is 10.1 Å². The number of phenolic OH excluding ortho intramolecular Hbond substituents is 1. The minimum atomic E-state index is -3.86. The Morgan fingerprint density at radius 3 is 1.30 bits per heavy atom. The lowest BCUT2D eigenvalue weighted by Crippen LogP contribution is -2.41. The van der Waals surface area contributed by atoms with E-state index in [1.165, 1.54) is 12.1 Å². The van der Waals surface area contributed by atoms with E-state index in [0.29, 0.717) is 220 Å². The number of hydrogen-bond donors (Lipinski definition) is 10. The predicted molar refractivity (Wildman–Crippen MR) is 428 cm³/mol. The van der Waals surface area contributed by atoms with Crippen molar-refractivity contribution >= 4 is 80.4 Å². The number of ether oxygens (including phenoxy) is 6. The van der Waals surface area contributed by atoms with Crippen LogP contribution in [0.1, 0.15) is 270 Å². The van der Waals surface area contributed by atoms with Gasteiger partial charge in [-0.3, -0.25) is 57.9 Å². The van der Waals surface area contributed by atoms with Gasteiger partial charge in [-0.15, -0.1) is 0 Å². The molecule has 0 spiro atoms. The molecule has 1 aromatic rings. The van der Waals surface area contributed by atoms with Crippen molar-refractivity contribution in [3.63, 3.8) is 0 Å². The van der Waals surface area contributed by atoms with Crippen LogP contribution < -0.4 is 32.7 Å². The van der Waals surface area contributed by atoms with E-state index in [4.69, 9.17) is 49.9 Å². The molecule has 642 valence electrons. The van der Waals surface area contributed by atoms with Crippen LogP contribution in [-0.2, 0) is 97.7 Å². The van der Waals surface area contributed by atoms with Crippen LogP contribution in [0.15, 0.2) is 24.3 Å². The zero-order valence-electron chi connectivity index (χ0n) is 67.8. The van der Waals surface area contributed by atoms with E-state index < -0.39 is 51.7 Å². The first-order valence-electron chi connectivity index (χ1n) is 41.4. The Morgan fingerprint density at radius 2 is 0.848 bits per heavy atom. The molecule has 112 heavy (non-hydrogen) atoms. The summed E-state index contributed by atoms with van der Waals surface area (Å²) in [5, 5.41) is 37.9. The van der Waals surface area contributed by atoms with Gasteiger partial charge in [-0.25, -0.2) is 4.79 Å². The molecule has 1 unspecified atom stereocenters. The van der Waals surface area contributed by atoms with E-state index in [1.807, 2.05) is 13.8 Å². The van der Waals surface area contributed by atoms with Gasteiger partial charge in [-0.2, -0.15) is 8.42 Å². The first-order chi connectivity index (χ1) is 53.7. The number of nitrogens with two attached hydrogens (primary N) is 2. The number of phenols is 1. The topological polar surface area (TPSA) is 462 Å². The molecule has 0 aliphatic heterocycles. The zero-order valence-corrected chi connectivity index (χ0v) is 68.6. The minimum absolute atomic E-state index is 0.0158. The number of nitrogens with one attached hydrogen (secondary N) is 5. The molecule has 0 fully saturated rings. The average molecular weight is 1610 g/mol. The van der Waals surface area contributed by atoms with Crippen molar-refractivity contribution in [3.8, 4) is 5.75 Å². The van der Waals surface area contributed by atoms with Crippen LogP contribution in [0.3, 0.4) is 0 Å². The van der Waals surface area contributed by atoms with Crippen LogP contribution in [0.5, 0.6) is 5.75 Å². The molecule has 12 N–H and O–H groups in total. The molecule has 0 aromatic heterocycles. The summed E-state index contributed by atoms with van der Waals surface area (Å²) in [7, 11) is -3.86. The highest BCUT2D eigenvalue weighted by atomic mass is 32.2. The summed E-state index contributed by atoms with van der Waals surface area (Å²) in [6, 6.07) is 5.15. The molecule has 0 bridgehead atoms. The average Bonchev–Trinajstić information content (AvgIpc) is 0.840. The maximum absolute atomic E-state index is 14.3. The number of amides is 5. The number of carbonyl (C=O) groups excluding carboxylic acids is 10. The Labute approximate surface area is 666 Å². The second-order valence-corrected chi connectivity index (χ2v) is 31.4. The molecule has 0 heterocycles. The molecule has 0 radical (unpaired) electrons. The number of carboxylic acids is 1. The SMILES string of the molecule is CC(C)CC(=O)C[C@@H](CCCCNC(=O)CCC(=O)CCCCOCCOCCOCCCCC(=O)CCC(=O)NCCCOCCOCCOCCCNC(=O)CC[C@H](NC(=O)CCCCCCCCCCCCCCCS(=O)(=O)O)C(=O)O)C(=O)C(C)[C@@H](CCCCC(=N)N)C(=O)C[C@@H](Cc1ccc(O)cc1)C(N)=O. The lowest BCUT2D eigenvalue weighted by molar-refractivity contribution is -0.142. The Morgan fingerprint density at radius 1 is 0.429 bits per heavy atom. The van der Waals surface area contributed by atoms with Gasteiger partial charge < -0.3 is 71.4 Å². The summed E-state index contributed by atoms with van der Waals surface area (Å²) >= 11 is 0. The third-order valence-corrected chi connectivity index (χ3v) is 20.0. The van der Waals surface area contributed by atoms with E-state index in [1.54, 1.807) is 19.1 Å². The fourth-order valence-corrected chi connectivity index (χ4v) is 13.3. The number of carbonyl (C=O) groups is 11. The molecular weight excluding hydrogens is 1470 g/mol. The number of primary amides is 1. The fourth-order valence-electron chi connectivity index (χ4n) is 12.7. The molecule has 5 atom stereocenters. The summed E-state index contributed by atoms with van der Waals surface area (Å²) in [5.74, 6) is -6.50. The highest BCUT2D eigenvalue weighted by Gasteiger charge is 2.36. The van der Waals surface area contributed by atoms with Crippen molar-refractivity contribution in [1.82, 2.24) is 21.3 Å². The Bertz CT molecular complexity index is 2920. The van der Waals surface area contributed by atoms with Crippen molar-refractivity contribution in [1.29, 1.82) is 5.41 Å². The number of ketones is 5. The van der Waals surface area contributed by atoms with Crippen molar-refractivity contribution in [3.05, 3.63) is 29.8 Å². The number of carboxylic acid groups (broad SMARTS) is 1. The van der Waals surface area contributed by atoms with Gasteiger partial charge in [-0.05, 0) is 114 Å². The predicted octanol–water partition coefficient (Wildman–Crippen LogP) is 10.1. The number of benzene rings is 1. The maximum Gasteiger partial charge on any atom is 0.326 e. The van der Waals surface area contributed by atoms with Gasteiger partial charge in [-0.1, -0.05) is 116 Å². The summed E-state index contributed by atoms with van der Waals surface area (Å²) in [6.07, 6.45) is 21.3. The van der Waals surface area contributed by atoms with E-state index in [0.717, 1.165) is 70.6 Å². The normalized spacial score (nSPS) is 12.9.